The first-order chi connectivity index (χ1) is 12.9. The van der Waals surface area contributed by atoms with E-state index in [4.69, 9.17) is 23.2 Å². The molecule has 0 saturated carbocycles. The van der Waals surface area contributed by atoms with Crippen LogP contribution in [-0.4, -0.2) is 35.9 Å². The minimum absolute atomic E-state index is 0.00109. The van der Waals surface area contributed by atoms with Crippen LogP contribution in [0.4, 0.5) is 11.4 Å². The summed E-state index contributed by atoms with van der Waals surface area (Å²) in [5, 5.41) is 11.8. The lowest BCUT2D eigenvalue weighted by Gasteiger charge is -2.27. The quantitative estimate of drug-likeness (QED) is 0.531. The number of carbonyl (C=O) groups is 1. The molecule has 0 radical (unpaired) electrons. The van der Waals surface area contributed by atoms with E-state index < -0.39 is 4.92 Å². The lowest BCUT2D eigenvalue weighted by molar-refractivity contribution is -0.384. The number of hydrogen-bond donors (Lipinski definition) is 0. The molecule has 6 nitrogen and oxygen atoms in total. The summed E-state index contributed by atoms with van der Waals surface area (Å²) in [6.07, 6.45) is 1.95. The van der Waals surface area contributed by atoms with E-state index in [0.717, 1.165) is 24.9 Å². The molecule has 1 unspecified atom stereocenters. The normalized spacial score (nSPS) is 17.1. The van der Waals surface area contributed by atoms with Gasteiger partial charge in [-0.15, -0.1) is 0 Å². The van der Waals surface area contributed by atoms with Crippen molar-refractivity contribution in [2.45, 2.75) is 18.9 Å². The molecule has 1 atom stereocenters. The van der Waals surface area contributed by atoms with Gasteiger partial charge in [0, 0.05) is 30.9 Å². The van der Waals surface area contributed by atoms with Crippen molar-refractivity contribution in [3.63, 3.8) is 0 Å². The first-order valence-electron chi connectivity index (χ1n) is 8.57. The molecule has 0 aliphatic carbocycles. The number of benzene rings is 2. The number of rotatable bonds is 5. The van der Waals surface area contributed by atoms with Gasteiger partial charge in [0.1, 0.15) is 0 Å². The maximum absolute atomic E-state index is 12.7. The molecule has 0 aromatic heterocycles. The van der Waals surface area contributed by atoms with E-state index in [0.29, 0.717) is 15.7 Å². The van der Waals surface area contributed by atoms with E-state index in [1.54, 1.807) is 25.2 Å². The largest absolute Gasteiger partial charge is 0.314 e. The number of nitrogens with zero attached hydrogens (tertiary/aromatic N) is 3. The van der Waals surface area contributed by atoms with Gasteiger partial charge in [-0.2, -0.15) is 0 Å². The fourth-order valence-electron chi connectivity index (χ4n) is 3.33. The maximum atomic E-state index is 12.7. The van der Waals surface area contributed by atoms with Crippen LogP contribution in [0.2, 0.25) is 10.0 Å². The predicted molar refractivity (Wildman–Crippen MR) is 107 cm³/mol. The Morgan fingerprint density at radius 1 is 1.22 bits per heavy atom. The second-order valence-electron chi connectivity index (χ2n) is 6.53. The number of amides is 1. The number of non-ortho nitro benzene ring substituents is 1. The Balaban J connectivity index is 1.70. The molecule has 1 aliphatic rings. The molecule has 142 valence electrons. The molecule has 3 rings (SSSR count). The highest BCUT2D eigenvalue weighted by Crippen LogP contribution is 2.35. The van der Waals surface area contributed by atoms with Crippen LogP contribution in [0, 0.1) is 10.1 Å². The SMILES string of the molecule is CN(C(=O)CN1CCCC1c1ccc(Cl)c(Cl)c1)c1ccc([N+](=O)[O-])cc1. The molecule has 1 amide bonds. The van der Waals surface area contributed by atoms with Crippen molar-refractivity contribution in [1.29, 1.82) is 0 Å². The number of carbonyl (C=O) groups excluding carboxylic acids is 1. The summed E-state index contributed by atoms with van der Waals surface area (Å²) in [6, 6.07) is 11.7. The number of hydrogen-bond acceptors (Lipinski definition) is 4. The molecular weight excluding hydrogens is 389 g/mol. The summed E-state index contributed by atoms with van der Waals surface area (Å²) in [5.74, 6) is -0.0733. The van der Waals surface area contributed by atoms with E-state index in [2.05, 4.69) is 4.90 Å². The third kappa shape index (κ3) is 4.40. The van der Waals surface area contributed by atoms with Crippen molar-refractivity contribution in [3.8, 4) is 0 Å². The van der Waals surface area contributed by atoms with E-state index in [1.807, 2.05) is 12.1 Å². The van der Waals surface area contributed by atoms with Crippen LogP contribution < -0.4 is 4.90 Å². The third-order valence-electron chi connectivity index (χ3n) is 4.85. The average Bonchev–Trinajstić information content (AvgIpc) is 3.11. The molecule has 2 aromatic carbocycles. The lowest BCUT2D eigenvalue weighted by atomic mass is 10.0. The highest BCUT2D eigenvalue weighted by molar-refractivity contribution is 6.42. The molecule has 1 fully saturated rings. The van der Waals surface area contributed by atoms with Gasteiger partial charge in [0.15, 0.2) is 0 Å². The number of halogens is 2. The molecule has 1 saturated heterocycles. The molecule has 1 aliphatic heterocycles. The minimum atomic E-state index is -0.461. The van der Waals surface area contributed by atoms with Crippen molar-refractivity contribution in [1.82, 2.24) is 4.90 Å². The highest BCUT2D eigenvalue weighted by Gasteiger charge is 2.29. The molecule has 0 spiro atoms. The van der Waals surface area contributed by atoms with Gasteiger partial charge < -0.3 is 4.90 Å². The van der Waals surface area contributed by atoms with Crippen LogP contribution in [0.25, 0.3) is 0 Å². The van der Waals surface area contributed by atoms with E-state index >= 15 is 0 Å². The average molecular weight is 408 g/mol. The number of likely N-dealkylation sites (tertiary alicyclic amines) is 1. The molecular formula is C19H19Cl2N3O3. The molecule has 0 bridgehead atoms. The van der Waals surface area contributed by atoms with Gasteiger partial charge in [0.05, 0.1) is 21.5 Å². The van der Waals surface area contributed by atoms with Crippen LogP contribution in [0.15, 0.2) is 42.5 Å². The fraction of sp³-hybridized carbons (Fsp3) is 0.316. The van der Waals surface area contributed by atoms with Crippen LogP contribution in [0.5, 0.6) is 0 Å². The Kier molecular flexibility index (Phi) is 5.99. The Morgan fingerprint density at radius 3 is 2.56 bits per heavy atom. The zero-order valence-electron chi connectivity index (χ0n) is 14.8. The summed E-state index contributed by atoms with van der Waals surface area (Å²) >= 11 is 12.1. The van der Waals surface area contributed by atoms with E-state index in [9.17, 15) is 14.9 Å². The maximum Gasteiger partial charge on any atom is 0.269 e. The summed E-state index contributed by atoms with van der Waals surface area (Å²) in [4.78, 5) is 26.7. The number of anilines is 1. The van der Waals surface area contributed by atoms with Gasteiger partial charge in [-0.25, -0.2) is 0 Å². The minimum Gasteiger partial charge on any atom is -0.314 e. The zero-order chi connectivity index (χ0) is 19.6. The van der Waals surface area contributed by atoms with Crippen LogP contribution >= 0.6 is 23.2 Å². The Morgan fingerprint density at radius 2 is 1.93 bits per heavy atom. The smallest absolute Gasteiger partial charge is 0.269 e. The van der Waals surface area contributed by atoms with Crippen LogP contribution in [0.1, 0.15) is 24.4 Å². The second kappa shape index (κ2) is 8.25. The second-order valence-corrected chi connectivity index (χ2v) is 7.34. The summed E-state index contributed by atoms with van der Waals surface area (Å²) in [7, 11) is 1.67. The van der Waals surface area contributed by atoms with Crippen molar-refractivity contribution in [3.05, 3.63) is 68.2 Å². The Labute approximate surface area is 167 Å². The Bertz CT molecular complexity index is 858. The monoisotopic (exact) mass is 407 g/mol. The van der Waals surface area contributed by atoms with Gasteiger partial charge in [0.25, 0.3) is 5.69 Å². The number of nitro benzene ring substituents is 1. The topological polar surface area (TPSA) is 66.7 Å². The highest BCUT2D eigenvalue weighted by atomic mass is 35.5. The van der Waals surface area contributed by atoms with Gasteiger partial charge in [-0.3, -0.25) is 19.8 Å². The predicted octanol–water partition coefficient (Wildman–Crippen LogP) is 4.70. The number of likely N-dealkylation sites (N-methyl/N-ethyl adjacent to an activating group) is 1. The van der Waals surface area contributed by atoms with E-state index in [-0.39, 0.29) is 24.2 Å². The van der Waals surface area contributed by atoms with Crippen molar-refractivity contribution >= 4 is 40.5 Å². The van der Waals surface area contributed by atoms with Crippen molar-refractivity contribution in [2.24, 2.45) is 0 Å². The molecule has 27 heavy (non-hydrogen) atoms. The first kappa shape index (κ1) is 19.6. The molecule has 2 aromatic rings. The fourth-order valence-corrected chi connectivity index (χ4v) is 3.64. The van der Waals surface area contributed by atoms with Gasteiger partial charge in [-0.1, -0.05) is 29.3 Å². The van der Waals surface area contributed by atoms with Crippen molar-refractivity contribution < 1.29 is 9.72 Å². The van der Waals surface area contributed by atoms with Gasteiger partial charge in [-0.05, 0) is 49.2 Å². The molecule has 8 heteroatoms. The zero-order valence-corrected chi connectivity index (χ0v) is 16.3. The Hall–Kier alpha value is -2.15. The van der Waals surface area contributed by atoms with Gasteiger partial charge in [0.2, 0.25) is 5.91 Å². The summed E-state index contributed by atoms with van der Waals surface area (Å²) in [6.45, 7) is 1.09. The summed E-state index contributed by atoms with van der Waals surface area (Å²) in [5.41, 5.74) is 1.67. The summed E-state index contributed by atoms with van der Waals surface area (Å²) < 4.78 is 0. The van der Waals surface area contributed by atoms with Crippen LogP contribution in [0.3, 0.4) is 0 Å². The molecule has 0 N–H and O–H groups in total. The lowest BCUT2D eigenvalue weighted by Crippen LogP contribution is -2.38. The van der Waals surface area contributed by atoms with Crippen LogP contribution in [-0.2, 0) is 4.79 Å². The standard InChI is InChI=1S/C19H19Cl2N3O3/c1-22(14-5-7-15(8-6-14)24(26)27)19(25)12-23-10-2-3-18(23)13-4-9-16(20)17(21)11-13/h4-9,11,18H,2-3,10,12H2,1H3. The van der Waals surface area contributed by atoms with Gasteiger partial charge >= 0.3 is 0 Å². The van der Waals surface area contributed by atoms with E-state index in [1.165, 1.54) is 17.0 Å². The third-order valence-corrected chi connectivity index (χ3v) is 5.59. The van der Waals surface area contributed by atoms with Crippen molar-refractivity contribution in [2.75, 3.05) is 25.0 Å². The first-order valence-corrected chi connectivity index (χ1v) is 9.32. The molecule has 1 heterocycles. The number of nitro groups is 1.